The zero-order chi connectivity index (χ0) is 19.2. The molecule has 0 aliphatic carbocycles. The fraction of sp³-hybridized carbons (Fsp3) is 0.316. The number of carbonyl (C=O) groups is 1. The van der Waals surface area contributed by atoms with E-state index in [4.69, 9.17) is 0 Å². The Balaban J connectivity index is 2.15. The maximum atomic E-state index is 12.7. The van der Waals surface area contributed by atoms with Crippen LogP contribution in [0.1, 0.15) is 37.0 Å². The lowest BCUT2D eigenvalue weighted by molar-refractivity contribution is 0.102. The van der Waals surface area contributed by atoms with E-state index in [1.54, 1.807) is 30.3 Å². The van der Waals surface area contributed by atoms with Crippen molar-refractivity contribution >= 4 is 37.5 Å². The first-order valence-corrected chi connectivity index (χ1v) is 10.8. The van der Waals surface area contributed by atoms with E-state index in [9.17, 15) is 13.2 Å². The lowest BCUT2D eigenvalue weighted by Crippen LogP contribution is -2.32. The van der Waals surface area contributed by atoms with Crippen LogP contribution in [0.3, 0.4) is 0 Å². The van der Waals surface area contributed by atoms with Gasteiger partial charge in [-0.15, -0.1) is 0 Å². The monoisotopic (exact) mass is 438 g/mol. The fourth-order valence-corrected chi connectivity index (χ4v) is 4.57. The predicted octanol–water partition coefficient (Wildman–Crippen LogP) is 4.51. The second kappa shape index (κ2) is 9.30. The summed E-state index contributed by atoms with van der Waals surface area (Å²) in [6.07, 6.45) is 1.53. The van der Waals surface area contributed by atoms with Gasteiger partial charge in [0.25, 0.3) is 5.91 Å². The highest BCUT2D eigenvalue weighted by molar-refractivity contribution is 9.10. The van der Waals surface area contributed by atoms with Gasteiger partial charge in [0.1, 0.15) is 0 Å². The van der Waals surface area contributed by atoms with E-state index in [-0.39, 0.29) is 10.8 Å². The van der Waals surface area contributed by atoms with Gasteiger partial charge in [0, 0.05) is 28.8 Å². The molecule has 1 amide bonds. The Morgan fingerprint density at radius 1 is 1.04 bits per heavy atom. The molecular formula is C19H23BrN2O3S. The quantitative estimate of drug-likeness (QED) is 0.658. The first-order valence-electron chi connectivity index (χ1n) is 8.55. The van der Waals surface area contributed by atoms with E-state index < -0.39 is 10.0 Å². The zero-order valence-corrected chi connectivity index (χ0v) is 17.3. The summed E-state index contributed by atoms with van der Waals surface area (Å²) in [6.45, 7) is 4.91. The number of anilines is 1. The van der Waals surface area contributed by atoms with Crippen LogP contribution in [0.4, 0.5) is 5.69 Å². The van der Waals surface area contributed by atoms with E-state index in [0.717, 1.165) is 17.3 Å². The molecule has 0 aliphatic heterocycles. The third-order valence-corrected chi connectivity index (χ3v) is 6.19. The summed E-state index contributed by atoms with van der Waals surface area (Å²) in [6, 6.07) is 13.3. The molecule has 5 nitrogen and oxygen atoms in total. The summed E-state index contributed by atoms with van der Waals surface area (Å²) < 4.78 is 27.8. The number of halogens is 1. The van der Waals surface area contributed by atoms with Crippen LogP contribution in [0.15, 0.2) is 57.9 Å². The molecule has 0 spiro atoms. The molecular weight excluding hydrogens is 416 g/mol. The van der Waals surface area contributed by atoms with Crippen LogP contribution in [-0.2, 0) is 10.0 Å². The molecule has 0 fully saturated rings. The third-order valence-electron chi connectivity index (χ3n) is 3.78. The van der Waals surface area contributed by atoms with Gasteiger partial charge in [-0.3, -0.25) is 4.79 Å². The van der Waals surface area contributed by atoms with Crippen molar-refractivity contribution in [1.82, 2.24) is 4.31 Å². The van der Waals surface area contributed by atoms with Crippen LogP contribution in [-0.4, -0.2) is 31.7 Å². The molecule has 0 bridgehead atoms. The molecule has 7 heteroatoms. The Kier molecular flexibility index (Phi) is 7.37. The summed E-state index contributed by atoms with van der Waals surface area (Å²) in [7, 11) is -3.51. The maximum Gasteiger partial charge on any atom is 0.255 e. The molecule has 0 unspecified atom stereocenters. The highest BCUT2D eigenvalue weighted by atomic mass is 79.9. The summed E-state index contributed by atoms with van der Waals surface area (Å²) >= 11 is 3.33. The molecule has 1 N–H and O–H groups in total. The van der Waals surface area contributed by atoms with E-state index in [1.165, 1.54) is 16.4 Å². The van der Waals surface area contributed by atoms with Gasteiger partial charge in [-0.2, -0.15) is 4.31 Å². The van der Waals surface area contributed by atoms with Gasteiger partial charge in [0.05, 0.1) is 4.90 Å². The van der Waals surface area contributed by atoms with Crippen molar-refractivity contribution in [2.75, 3.05) is 18.4 Å². The number of carbonyl (C=O) groups excluding carboxylic acids is 1. The van der Waals surface area contributed by atoms with Gasteiger partial charge >= 0.3 is 0 Å². The van der Waals surface area contributed by atoms with Crippen molar-refractivity contribution < 1.29 is 13.2 Å². The Hall–Kier alpha value is -1.70. The lowest BCUT2D eigenvalue weighted by atomic mass is 10.2. The maximum absolute atomic E-state index is 12.7. The topological polar surface area (TPSA) is 66.5 Å². The number of nitrogens with one attached hydrogen (secondary N) is 1. The number of amides is 1. The van der Waals surface area contributed by atoms with E-state index >= 15 is 0 Å². The second-order valence-electron chi connectivity index (χ2n) is 5.89. The van der Waals surface area contributed by atoms with Crippen molar-refractivity contribution in [1.29, 1.82) is 0 Å². The van der Waals surface area contributed by atoms with Crippen molar-refractivity contribution in [3.05, 3.63) is 58.6 Å². The van der Waals surface area contributed by atoms with Crippen LogP contribution in [0, 0.1) is 0 Å². The number of hydrogen-bond donors (Lipinski definition) is 1. The van der Waals surface area contributed by atoms with E-state index in [1.807, 2.05) is 19.9 Å². The Morgan fingerprint density at radius 2 is 1.65 bits per heavy atom. The molecule has 0 radical (unpaired) electrons. The standard InChI is InChI=1S/C19H23BrN2O3S/c1-3-12-22(13-4-2)26(24,25)18-10-8-17(9-11-18)21-19(23)15-6-5-7-16(20)14-15/h5-11,14H,3-4,12-13H2,1-2H3,(H,21,23). The predicted molar refractivity (Wildman–Crippen MR) is 108 cm³/mol. The Bertz CT molecular complexity index is 845. The molecule has 0 saturated carbocycles. The average Bonchev–Trinajstić information content (AvgIpc) is 2.62. The third kappa shape index (κ3) is 5.16. The first-order chi connectivity index (χ1) is 12.4. The number of benzene rings is 2. The minimum atomic E-state index is -3.51. The molecule has 0 aliphatic rings. The molecule has 0 saturated heterocycles. The minimum Gasteiger partial charge on any atom is -0.322 e. The van der Waals surface area contributed by atoms with Crippen molar-refractivity contribution in [2.45, 2.75) is 31.6 Å². The molecule has 2 aromatic carbocycles. The molecule has 140 valence electrons. The number of nitrogens with zero attached hydrogens (tertiary/aromatic N) is 1. The summed E-state index contributed by atoms with van der Waals surface area (Å²) in [4.78, 5) is 12.5. The van der Waals surface area contributed by atoms with Crippen LogP contribution in [0.5, 0.6) is 0 Å². The molecule has 0 heterocycles. The first kappa shape index (κ1) is 20.6. The van der Waals surface area contributed by atoms with Crippen molar-refractivity contribution in [3.8, 4) is 0 Å². The van der Waals surface area contributed by atoms with Gasteiger partial charge in [0.2, 0.25) is 10.0 Å². The van der Waals surface area contributed by atoms with Crippen LogP contribution in [0.25, 0.3) is 0 Å². The highest BCUT2D eigenvalue weighted by Gasteiger charge is 2.22. The van der Waals surface area contributed by atoms with Crippen molar-refractivity contribution in [2.24, 2.45) is 0 Å². The van der Waals surface area contributed by atoms with Crippen LogP contribution < -0.4 is 5.32 Å². The number of hydrogen-bond acceptors (Lipinski definition) is 3. The zero-order valence-electron chi connectivity index (χ0n) is 14.9. The summed E-state index contributed by atoms with van der Waals surface area (Å²) in [5.41, 5.74) is 1.07. The Labute approximate surface area is 163 Å². The molecule has 0 atom stereocenters. The van der Waals surface area contributed by atoms with E-state index in [0.29, 0.717) is 24.3 Å². The fourth-order valence-electron chi connectivity index (χ4n) is 2.54. The van der Waals surface area contributed by atoms with Gasteiger partial charge < -0.3 is 5.32 Å². The van der Waals surface area contributed by atoms with Crippen LogP contribution in [0.2, 0.25) is 0 Å². The van der Waals surface area contributed by atoms with Gasteiger partial charge in [-0.25, -0.2) is 8.42 Å². The molecule has 2 aromatic rings. The number of rotatable bonds is 8. The molecule has 0 aromatic heterocycles. The lowest BCUT2D eigenvalue weighted by Gasteiger charge is -2.21. The molecule has 26 heavy (non-hydrogen) atoms. The number of sulfonamides is 1. The minimum absolute atomic E-state index is 0.236. The smallest absolute Gasteiger partial charge is 0.255 e. The average molecular weight is 439 g/mol. The Morgan fingerprint density at radius 3 is 2.19 bits per heavy atom. The van der Waals surface area contributed by atoms with Gasteiger partial charge in [-0.05, 0) is 55.3 Å². The largest absolute Gasteiger partial charge is 0.322 e. The summed E-state index contributed by atoms with van der Waals surface area (Å²) in [5, 5.41) is 2.78. The highest BCUT2D eigenvalue weighted by Crippen LogP contribution is 2.20. The van der Waals surface area contributed by atoms with Crippen molar-refractivity contribution in [3.63, 3.8) is 0 Å². The van der Waals surface area contributed by atoms with Gasteiger partial charge in [-0.1, -0.05) is 35.8 Å². The van der Waals surface area contributed by atoms with Gasteiger partial charge in [0.15, 0.2) is 0 Å². The van der Waals surface area contributed by atoms with Crippen LogP contribution >= 0.6 is 15.9 Å². The van der Waals surface area contributed by atoms with E-state index in [2.05, 4.69) is 21.2 Å². The molecule has 2 rings (SSSR count). The summed E-state index contributed by atoms with van der Waals surface area (Å²) in [5.74, 6) is -0.250. The SMILES string of the molecule is CCCN(CCC)S(=O)(=O)c1ccc(NC(=O)c2cccc(Br)c2)cc1. The second-order valence-corrected chi connectivity index (χ2v) is 8.75. The normalized spacial score (nSPS) is 11.5.